The summed E-state index contributed by atoms with van der Waals surface area (Å²) in [5, 5.41) is 46.2. The summed E-state index contributed by atoms with van der Waals surface area (Å²) in [5.41, 5.74) is 9.99. The van der Waals surface area contributed by atoms with Crippen LogP contribution in [0.15, 0.2) is 34.9 Å². The van der Waals surface area contributed by atoms with Crippen molar-refractivity contribution in [2.75, 3.05) is 62.6 Å². The van der Waals surface area contributed by atoms with Crippen molar-refractivity contribution < 1.29 is 99.9 Å². The first-order valence-electron chi connectivity index (χ1n) is 22.1. The van der Waals surface area contributed by atoms with Crippen LogP contribution in [0, 0.1) is 0 Å². The number of nitrogens with two attached hydrogens (primary N) is 2. The maximum Gasteiger partial charge on any atom is 0.472 e. The Morgan fingerprint density at radius 1 is 0.724 bits per heavy atom. The number of aromatic nitrogens is 12. The van der Waals surface area contributed by atoms with Crippen LogP contribution in [0.4, 0.5) is 17.7 Å². The van der Waals surface area contributed by atoms with Crippen molar-refractivity contribution in [2.24, 2.45) is 7.05 Å². The molecule has 9 rings (SSSR count). The summed E-state index contributed by atoms with van der Waals surface area (Å²) in [6.07, 6.45) is -14.6. The first-order chi connectivity index (χ1) is 35.7. The van der Waals surface area contributed by atoms with Crippen LogP contribution < -0.4 is 32.5 Å². The molecule has 0 radical (unpaired) electrons. The molecule has 3 aliphatic heterocycles. The van der Waals surface area contributed by atoms with Crippen molar-refractivity contribution in [3.8, 4) is 0 Å². The molecule has 3 saturated heterocycles. The van der Waals surface area contributed by atoms with Gasteiger partial charge in [0.05, 0.1) is 39.5 Å². The van der Waals surface area contributed by atoms with Gasteiger partial charge in [0.15, 0.2) is 41.4 Å². The molecule has 3 aliphatic rings. The number of nitrogens with one attached hydrogen (secondary N) is 3. The van der Waals surface area contributed by atoms with Crippen molar-refractivity contribution in [2.45, 2.75) is 73.6 Å². The SMILES string of the molecule is CNc1ncnc2c1ncn2[C@@H]1O[C@H](COP(=O)(O)CP(=O)(O)CP(=O)(O)OC[C@H]2O[C@@H]([n+]3cn(C)c4c(=O)[nH]c(N)nc43)C(O)C2O)C(OP(=O)(O)OC[C@H]2O[C@@H](n3cnc4c(=O)[nH]c(N)nc43)C(O)C2O)C1OC. The van der Waals surface area contributed by atoms with Crippen molar-refractivity contribution in [3.05, 3.63) is 46.0 Å². The Morgan fingerprint density at radius 3 is 1.97 bits per heavy atom. The number of phosphoric acid groups is 1. The third-order valence-electron chi connectivity index (χ3n) is 12.2. The van der Waals surface area contributed by atoms with Gasteiger partial charge in [-0.1, -0.05) is 4.98 Å². The van der Waals surface area contributed by atoms with E-state index in [0.29, 0.717) is 0 Å². The number of aromatic amines is 2. The zero-order valence-electron chi connectivity index (χ0n) is 39.5. The second-order valence-electron chi connectivity index (χ2n) is 17.5. The summed E-state index contributed by atoms with van der Waals surface area (Å²) in [7, 11) is -17.0. The van der Waals surface area contributed by atoms with Gasteiger partial charge in [0, 0.05) is 14.2 Å². The van der Waals surface area contributed by atoms with Gasteiger partial charge in [-0.3, -0.25) is 56.0 Å². The third-order valence-corrected chi connectivity index (χ3v) is 20.7. The van der Waals surface area contributed by atoms with E-state index in [0.717, 1.165) is 18.0 Å². The fourth-order valence-electron chi connectivity index (χ4n) is 8.86. The molecule has 0 bridgehead atoms. The van der Waals surface area contributed by atoms with E-state index < -0.39 is 147 Å². The molecule has 76 heavy (non-hydrogen) atoms. The van der Waals surface area contributed by atoms with Crippen LogP contribution in [0.5, 0.6) is 0 Å². The largest absolute Gasteiger partial charge is 0.472 e. The molecule has 0 spiro atoms. The minimum Gasteiger partial charge on any atom is -0.387 e. The Bertz CT molecular complexity index is 3490. The molecular formula is C35H50N15O22P4+. The molecule has 6 aromatic heterocycles. The van der Waals surface area contributed by atoms with Gasteiger partial charge in [-0.05, 0) is 0 Å². The molecule has 41 heteroatoms. The zero-order chi connectivity index (χ0) is 55.0. The topological polar surface area (TPSA) is 530 Å². The van der Waals surface area contributed by atoms with Crippen LogP contribution in [0.1, 0.15) is 18.7 Å². The van der Waals surface area contributed by atoms with E-state index in [1.165, 1.54) is 39.7 Å². The van der Waals surface area contributed by atoms with E-state index in [9.17, 15) is 67.8 Å². The lowest BCUT2D eigenvalue weighted by molar-refractivity contribution is -0.745. The van der Waals surface area contributed by atoms with E-state index in [1.54, 1.807) is 7.05 Å². The predicted molar refractivity (Wildman–Crippen MR) is 252 cm³/mol. The third kappa shape index (κ3) is 11.0. The smallest absolute Gasteiger partial charge is 0.387 e. The summed E-state index contributed by atoms with van der Waals surface area (Å²) in [6, 6.07) is 0. The van der Waals surface area contributed by atoms with E-state index in [4.69, 9.17) is 48.5 Å². The van der Waals surface area contributed by atoms with Gasteiger partial charge >= 0.3 is 28.7 Å². The number of methoxy groups -OCH3 is 1. The Hall–Kier alpha value is -5.07. The second-order valence-corrected chi connectivity index (χ2v) is 25.9. The van der Waals surface area contributed by atoms with E-state index in [2.05, 4.69) is 45.2 Å². The average Bonchev–Trinajstić information content (AvgIpc) is 4.19. The van der Waals surface area contributed by atoms with Gasteiger partial charge in [0.25, 0.3) is 17.1 Å². The van der Waals surface area contributed by atoms with E-state index in [1.807, 2.05) is 0 Å². The highest BCUT2D eigenvalue weighted by molar-refractivity contribution is 7.79. The van der Waals surface area contributed by atoms with Gasteiger partial charge in [-0.15, -0.1) is 0 Å². The van der Waals surface area contributed by atoms with Crippen molar-refractivity contribution in [1.29, 1.82) is 0 Å². The number of aryl methyl sites for hydroxylation is 1. The minimum atomic E-state index is -5.39. The number of imidazole rings is 3. The lowest BCUT2D eigenvalue weighted by Crippen LogP contribution is -2.46. The number of anilines is 3. The fraction of sp³-hybridized carbons (Fsp3) is 0.571. The first-order valence-corrected chi connectivity index (χ1v) is 29.2. The Balaban J connectivity index is 0.868. The molecule has 15 N–H and O–H groups in total. The van der Waals surface area contributed by atoms with Crippen LogP contribution >= 0.6 is 30.4 Å². The fourth-order valence-corrected chi connectivity index (χ4v) is 16.9. The number of aliphatic hydroxyl groups excluding tert-OH is 4. The van der Waals surface area contributed by atoms with E-state index >= 15 is 0 Å². The quantitative estimate of drug-likeness (QED) is 0.0256. The molecule has 37 nitrogen and oxygen atoms in total. The lowest BCUT2D eigenvalue weighted by atomic mass is 10.1. The number of fused-ring (bicyclic) bond motifs is 3. The summed E-state index contributed by atoms with van der Waals surface area (Å²) in [4.78, 5) is 97.5. The molecule has 0 aliphatic carbocycles. The summed E-state index contributed by atoms with van der Waals surface area (Å²) in [6.45, 7) is -2.98. The maximum atomic E-state index is 13.8. The van der Waals surface area contributed by atoms with Crippen molar-refractivity contribution in [1.82, 2.24) is 53.6 Å². The number of hydrogen-bond acceptors (Lipinski definition) is 27. The molecular weight excluding hydrogens is 1110 g/mol. The first kappa shape index (κ1) is 55.7. The van der Waals surface area contributed by atoms with Crippen LogP contribution in [0.25, 0.3) is 33.5 Å². The standard InChI is InChI=1S/C35H49N15O22P4/c1-38-25-16-26(40-7-39-25)48(8-41-16)33-24(65-3)23(72-76(63,64)68-5-14-20(52)21(53)31(69-14)49-9-42-17-27(49)43-34(36)45-29(17)55)15(71-33)6-67-75(61,62)12-73(57,58)11-74(59,60)66-4-13-19(51)22(54)32(70-13)50-10-47(2)18-28(50)44-35(37)46-30(18)56/h7-10,13-15,19-24,31-33,51-54H,4-6,11-12H2,1-3H3,(H10-,36,37,38,39,40,43,44,45,46,55,56,57,58,59,60,61,62,63,64)/p+1/t13-,14-,15-,19?,20?,21?,22?,23?,24?,31-,32-,33-/m1/s1. The molecule has 0 aromatic carbocycles. The van der Waals surface area contributed by atoms with Crippen molar-refractivity contribution in [3.63, 3.8) is 0 Å². The molecule has 0 amide bonds. The molecule has 10 unspecified atom stereocenters. The Labute approximate surface area is 423 Å². The number of nitrogen functional groups attached to an aromatic ring is 2. The number of hydrogen-bond donors (Lipinski definition) is 13. The van der Waals surface area contributed by atoms with Crippen LogP contribution in [-0.4, -0.2) is 194 Å². The zero-order valence-corrected chi connectivity index (χ0v) is 43.1. The monoisotopic (exact) mass is 1160 g/mol. The molecule has 16 atom stereocenters. The molecule has 9 heterocycles. The lowest BCUT2D eigenvalue weighted by Gasteiger charge is -2.26. The van der Waals surface area contributed by atoms with Gasteiger partial charge in [-0.2, -0.15) is 4.98 Å². The number of ether oxygens (including phenoxy) is 4. The molecule has 6 aromatic rings. The summed E-state index contributed by atoms with van der Waals surface area (Å²) >= 11 is 0. The van der Waals surface area contributed by atoms with E-state index in [-0.39, 0.29) is 51.2 Å². The highest BCUT2D eigenvalue weighted by atomic mass is 31.3. The predicted octanol–water partition coefficient (Wildman–Crippen LogP) is -4.03. The minimum absolute atomic E-state index is 0.0120. The summed E-state index contributed by atoms with van der Waals surface area (Å²) < 4.78 is 103. The Kier molecular flexibility index (Phi) is 15.3. The highest BCUT2D eigenvalue weighted by Gasteiger charge is 2.53. The molecule has 0 saturated carbocycles. The van der Waals surface area contributed by atoms with Crippen LogP contribution in [0.3, 0.4) is 0 Å². The van der Waals surface area contributed by atoms with Crippen molar-refractivity contribution >= 4 is 81.6 Å². The van der Waals surface area contributed by atoms with Gasteiger partial charge < -0.3 is 84.8 Å². The summed E-state index contributed by atoms with van der Waals surface area (Å²) in [5.74, 6) is -3.60. The van der Waals surface area contributed by atoms with Crippen LogP contribution in [-0.2, 0) is 62.4 Å². The number of nitrogens with zero attached hydrogens (tertiary/aromatic N) is 10. The van der Waals surface area contributed by atoms with Gasteiger partial charge in [0.1, 0.15) is 78.6 Å². The van der Waals surface area contributed by atoms with Gasteiger partial charge in [0.2, 0.25) is 25.1 Å². The normalized spacial score (nSPS) is 30.2. The number of rotatable bonds is 20. The molecule has 3 fully saturated rings. The average molecular weight is 1160 g/mol. The maximum absolute atomic E-state index is 13.8. The second kappa shape index (κ2) is 21.0. The highest BCUT2D eigenvalue weighted by Crippen LogP contribution is 2.65. The number of aliphatic hydroxyl groups is 4. The number of H-pyrrole nitrogens is 2. The van der Waals surface area contributed by atoms with Crippen LogP contribution in [0.2, 0.25) is 0 Å². The number of phosphoric ester groups is 1. The van der Waals surface area contributed by atoms with Gasteiger partial charge in [-0.25, -0.2) is 29.1 Å². The molecule has 416 valence electrons. The Morgan fingerprint density at radius 2 is 1.30 bits per heavy atom.